The number of allylic oxidation sites excluding steroid dienone is 1. The summed E-state index contributed by atoms with van der Waals surface area (Å²) in [7, 11) is 1.41. The number of hydrogen-bond acceptors (Lipinski definition) is 4. The van der Waals surface area contributed by atoms with Crippen molar-refractivity contribution in [1.82, 2.24) is 0 Å². The lowest BCUT2D eigenvalue weighted by Gasteiger charge is -2.36. The van der Waals surface area contributed by atoms with Crippen molar-refractivity contribution in [1.29, 1.82) is 0 Å². The van der Waals surface area contributed by atoms with Crippen LogP contribution in [0.2, 0.25) is 0 Å². The van der Waals surface area contributed by atoms with Gasteiger partial charge in [0.1, 0.15) is 5.84 Å². The fraction of sp³-hybridized carbons (Fsp3) is 0.200. The van der Waals surface area contributed by atoms with Crippen molar-refractivity contribution in [3.8, 4) is 0 Å². The lowest BCUT2D eigenvalue weighted by atomic mass is 9.69. The Kier molecular flexibility index (Phi) is 3.27. The normalized spacial score (nSPS) is 21.8. The van der Waals surface area contributed by atoms with Crippen molar-refractivity contribution in [3.63, 3.8) is 0 Å². The van der Waals surface area contributed by atoms with E-state index in [2.05, 4.69) is 23.2 Å². The number of benzene rings is 2. The molecule has 0 radical (unpaired) electrons. The molecule has 2 aliphatic rings. The van der Waals surface area contributed by atoms with Gasteiger partial charge < -0.3 is 10.5 Å². The standard InChI is InChI=1S/C20H18N2O2/c1-24-19(23)15-11-12-20(13-7-3-2-4-8-13)16-10-6-5-9-14(16)18(21)22-17(15)20/h2-10H,11-12H2,1H3,(H2,21,22). The zero-order valence-electron chi connectivity index (χ0n) is 13.5. The molecule has 1 aliphatic heterocycles. The Morgan fingerprint density at radius 3 is 2.58 bits per heavy atom. The Hall–Kier alpha value is -2.88. The number of fused-ring (bicyclic) bond motifs is 3. The highest BCUT2D eigenvalue weighted by atomic mass is 16.5. The van der Waals surface area contributed by atoms with Gasteiger partial charge >= 0.3 is 5.97 Å². The summed E-state index contributed by atoms with van der Waals surface area (Å²) in [6.45, 7) is 0. The van der Waals surface area contributed by atoms with Crippen molar-refractivity contribution in [3.05, 3.63) is 82.6 Å². The number of ether oxygens (including phenoxy) is 1. The van der Waals surface area contributed by atoms with E-state index in [4.69, 9.17) is 10.5 Å². The highest BCUT2D eigenvalue weighted by Gasteiger charge is 2.49. The Balaban J connectivity index is 2.07. The van der Waals surface area contributed by atoms with Gasteiger partial charge in [0, 0.05) is 5.56 Å². The topological polar surface area (TPSA) is 64.7 Å². The molecule has 4 heteroatoms. The molecule has 1 unspecified atom stereocenters. The van der Waals surface area contributed by atoms with Crippen LogP contribution >= 0.6 is 0 Å². The van der Waals surface area contributed by atoms with Gasteiger partial charge in [-0.3, -0.25) is 0 Å². The van der Waals surface area contributed by atoms with E-state index in [-0.39, 0.29) is 5.97 Å². The predicted octanol–water partition coefficient (Wildman–Crippen LogP) is 2.91. The summed E-state index contributed by atoms with van der Waals surface area (Å²) in [5, 5.41) is 0. The van der Waals surface area contributed by atoms with Crippen LogP contribution in [0.15, 0.2) is 70.9 Å². The first kappa shape index (κ1) is 14.7. The fourth-order valence-electron chi connectivity index (χ4n) is 3.97. The number of hydrogen-bond donors (Lipinski definition) is 1. The first-order valence-corrected chi connectivity index (χ1v) is 8.00. The maximum absolute atomic E-state index is 12.3. The minimum atomic E-state index is -0.440. The van der Waals surface area contributed by atoms with Crippen LogP contribution < -0.4 is 5.73 Å². The third-order valence-electron chi connectivity index (χ3n) is 5.03. The van der Waals surface area contributed by atoms with Gasteiger partial charge in [-0.05, 0) is 24.0 Å². The largest absolute Gasteiger partial charge is 0.466 e. The SMILES string of the molecule is COC(=O)C1=C2N=C(N)c3ccccc3C2(c2ccccc2)CC1. The molecular weight excluding hydrogens is 300 g/mol. The highest BCUT2D eigenvalue weighted by Crippen LogP contribution is 2.53. The molecule has 2 aromatic carbocycles. The highest BCUT2D eigenvalue weighted by molar-refractivity contribution is 6.03. The van der Waals surface area contributed by atoms with Crippen molar-refractivity contribution in [2.75, 3.05) is 7.11 Å². The van der Waals surface area contributed by atoms with E-state index in [1.165, 1.54) is 7.11 Å². The second-order valence-electron chi connectivity index (χ2n) is 6.13. The van der Waals surface area contributed by atoms with Crippen LogP contribution in [0.5, 0.6) is 0 Å². The zero-order valence-corrected chi connectivity index (χ0v) is 13.5. The lowest BCUT2D eigenvalue weighted by Crippen LogP contribution is -2.35. The number of amidine groups is 1. The van der Waals surface area contributed by atoms with Crippen LogP contribution in [-0.2, 0) is 14.9 Å². The van der Waals surface area contributed by atoms with E-state index in [1.807, 2.05) is 36.4 Å². The number of aliphatic imine (C=N–C) groups is 1. The van der Waals surface area contributed by atoms with Crippen LogP contribution in [0.4, 0.5) is 0 Å². The van der Waals surface area contributed by atoms with Gasteiger partial charge in [-0.1, -0.05) is 54.6 Å². The molecule has 4 nitrogen and oxygen atoms in total. The van der Waals surface area contributed by atoms with Crippen molar-refractivity contribution < 1.29 is 9.53 Å². The molecule has 2 N–H and O–H groups in total. The Morgan fingerprint density at radius 1 is 1.12 bits per heavy atom. The van der Waals surface area contributed by atoms with E-state index >= 15 is 0 Å². The lowest BCUT2D eigenvalue weighted by molar-refractivity contribution is -0.136. The maximum atomic E-state index is 12.3. The van der Waals surface area contributed by atoms with Crippen molar-refractivity contribution in [2.45, 2.75) is 18.3 Å². The van der Waals surface area contributed by atoms with Crippen molar-refractivity contribution in [2.24, 2.45) is 10.7 Å². The quantitative estimate of drug-likeness (QED) is 0.866. The monoisotopic (exact) mass is 318 g/mol. The molecule has 0 spiro atoms. The zero-order chi connectivity index (χ0) is 16.7. The Labute approximate surface area is 140 Å². The molecule has 1 atom stereocenters. The minimum absolute atomic E-state index is 0.321. The van der Waals surface area contributed by atoms with Crippen LogP contribution in [0.1, 0.15) is 29.5 Å². The Bertz CT molecular complexity index is 884. The summed E-state index contributed by atoms with van der Waals surface area (Å²) >= 11 is 0. The number of methoxy groups -OCH3 is 1. The van der Waals surface area contributed by atoms with Gasteiger partial charge in [0.15, 0.2) is 0 Å². The molecule has 0 saturated carbocycles. The van der Waals surface area contributed by atoms with E-state index in [1.54, 1.807) is 0 Å². The summed E-state index contributed by atoms with van der Waals surface area (Å²) in [6, 6.07) is 18.3. The second-order valence-corrected chi connectivity index (χ2v) is 6.13. The Morgan fingerprint density at radius 2 is 1.83 bits per heavy atom. The molecule has 4 rings (SSSR count). The molecule has 1 aliphatic carbocycles. The number of nitrogens with zero attached hydrogens (tertiary/aromatic N) is 1. The third-order valence-corrected chi connectivity index (χ3v) is 5.03. The molecule has 0 bridgehead atoms. The summed E-state index contributed by atoms with van der Waals surface area (Å²) in [6.07, 6.45) is 1.41. The molecule has 0 aromatic heterocycles. The van der Waals surface area contributed by atoms with Gasteiger partial charge in [-0.25, -0.2) is 9.79 Å². The molecule has 24 heavy (non-hydrogen) atoms. The van der Waals surface area contributed by atoms with Gasteiger partial charge in [0.2, 0.25) is 0 Å². The van der Waals surface area contributed by atoms with E-state index < -0.39 is 5.41 Å². The van der Waals surface area contributed by atoms with Crippen LogP contribution in [-0.4, -0.2) is 18.9 Å². The third kappa shape index (κ3) is 1.86. The van der Waals surface area contributed by atoms with Crippen LogP contribution in [0.3, 0.4) is 0 Å². The summed E-state index contributed by atoms with van der Waals surface area (Å²) in [5.41, 5.74) is 10.3. The molecular formula is C20H18N2O2. The van der Waals surface area contributed by atoms with Gasteiger partial charge in [0.25, 0.3) is 0 Å². The molecule has 0 saturated heterocycles. The average molecular weight is 318 g/mol. The number of nitrogens with two attached hydrogens (primary N) is 1. The van der Waals surface area contributed by atoms with Gasteiger partial charge in [0.05, 0.1) is 23.8 Å². The summed E-state index contributed by atoms with van der Waals surface area (Å²) in [4.78, 5) is 16.9. The smallest absolute Gasteiger partial charge is 0.335 e. The fourth-order valence-corrected chi connectivity index (χ4v) is 3.97. The van der Waals surface area contributed by atoms with Crippen LogP contribution in [0, 0.1) is 0 Å². The number of esters is 1. The van der Waals surface area contributed by atoms with E-state index in [0.29, 0.717) is 17.8 Å². The van der Waals surface area contributed by atoms with E-state index in [0.717, 1.165) is 28.8 Å². The summed E-state index contributed by atoms with van der Waals surface area (Å²) in [5.74, 6) is 0.134. The first-order chi connectivity index (χ1) is 11.7. The van der Waals surface area contributed by atoms with Crippen LogP contribution in [0.25, 0.3) is 0 Å². The second kappa shape index (κ2) is 5.34. The maximum Gasteiger partial charge on any atom is 0.335 e. The summed E-state index contributed by atoms with van der Waals surface area (Å²) < 4.78 is 4.98. The molecule has 120 valence electrons. The molecule has 0 amide bonds. The number of carbonyl (C=O) groups is 1. The number of carbonyl (C=O) groups excluding carboxylic acids is 1. The molecule has 0 fully saturated rings. The van der Waals surface area contributed by atoms with Crippen molar-refractivity contribution >= 4 is 11.8 Å². The van der Waals surface area contributed by atoms with Gasteiger partial charge in [-0.15, -0.1) is 0 Å². The number of rotatable bonds is 2. The minimum Gasteiger partial charge on any atom is -0.466 e. The predicted molar refractivity (Wildman–Crippen MR) is 92.7 cm³/mol. The first-order valence-electron chi connectivity index (χ1n) is 8.00. The average Bonchev–Trinajstić information content (AvgIpc) is 3.02. The van der Waals surface area contributed by atoms with E-state index in [9.17, 15) is 4.79 Å². The van der Waals surface area contributed by atoms with Gasteiger partial charge in [-0.2, -0.15) is 0 Å². The molecule has 2 aromatic rings. The molecule has 1 heterocycles.